The lowest BCUT2D eigenvalue weighted by molar-refractivity contribution is 0.133. The summed E-state index contributed by atoms with van der Waals surface area (Å²) in [6.07, 6.45) is 7.37. The molecule has 3 aromatic carbocycles. The third kappa shape index (κ3) is 2.48. The van der Waals surface area contributed by atoms with Gasteiger partial charge in [0.25, 0.3) is 0 Å². The molecule has 1 saturated carbocycles. The van der Waals surface area contributed by atoms with Crippen molar-refractivity contribution in [2.24, 2.45) is 5.41 Å². The Morgan fingerprint density at radius 3 is 2.28 bits per heavy atom. The van der Waals surface area contributed by atoms with E-state index in [-0.39, 0.29) is 5.41 Å². The first kappa shape index (κ1) is 18.5. The second kappa shape index (κ2) is 6.52. The molecular formula is C27H30O2. The monoisotopic (exact) mass is 386 g/mol. The second-order valence-corrected chi connectivity index (χ2v) is 9.06. The molecule has 0 aromatic heterocycles. The first-order chi connectivity index (χ1) is 14.1. The Labute approximate surface area is 173 Å². The molecule has 0 unspecified atom stereocenters. The van der Waals surface area contributed by atoms with Gasteiger partial charge in [-0.3, -0.25) is 0 Å². The van der Waals surface area contributed by atoms with E-state index in [1.165, 1.54) is 60.8 Å². The van der Waals surface area contributed by atoms with Crippen LogP contribution in [-0.2, 0) is 5.41 Å². The van der Waals surface area contributed by atoms with Crippen LogP contribution >= 0.6 is 0 Å². The number of phenols is 1. The van der Waals surface area contributed by atoms with Gasteiger partial charge in [0.05, 0.1) is 7.11 Å². The highest BCUT2D eigenvalue weighted by molar-refractivity contribution is 6.05. The molecule has 0 radical (unpaired) electrons. The summed E-state index contributed by atoms with van der Waals surface area (Å²) in [6.45, 7) is 4.70. The number of methoxy groups -OCH3 is 1. The van der Waals surface area contributed by atoms with Crippen LogP contribution in [0.5, 0.6) is 11.5 Å². The molecule has 1 spiro atoms. The fraction of sp³-hybridized carbons (Fsp3) is 0.407. The normalized spacial score (nSPS) is 18.6. The third-order valence-corrected chi connectivity index (χ3v) is 8.21. The van der Waals surface area contributed by atoms with Crippen LogP contribution in [0, 0.1) is 5.41 Å². The molecule has 2 aliphatic rings. The molecule has 1 N–H and O–H groups in total. The van der Waals surface area contributed by atoms with E-state index >= 15 is 0 Å². The molecule has 29 heavy (non-hydrogen) atoms. The largest absolute Gasteiger partial charge is 0.507 e. The van der Waals surface area contributed by atoms with Crippen LogP contribution < -0.4 is 4.74 Å². The molecule has 1 fully saturated rings. The minimum Gasteiger partial charge on any atom is -0.507 e. The summed E-state index contributed by atoms with van der Waals surface area (Å²) in [5, 5.41) is 13.0. The Bertz CT molecular complexity index is 1080. The maximum atomic E-state index is 11.0. The van der Waals surface area contributed by atoms with Gasteiger partial charge in [-0.25, -0.2) is 0 Å². The predicted octanol–water partition coefficient (Wildman–Crippen LogP) is 7.20. The lowest BCUT2D eigenvalue weighted by Crippen LogP contribution is -2.36. The van der Waals surface area contributed by atoms with Crippen LogP contribution in [0.3, 0.4) is 0 Å². The second-order valence-electron chi connectivity index (χ2n) is 9.06. The number of hydrogen-bond acceptors (Lipinski definition) is 2. The molecular weight excluding hydrogens is 356 g/mol. The summed E-state index contributed by atoms with van der Waals surface area (Å²) in [5.41, 5.74) is 5.96. The van der Waals surface area contributed by atoms with Gasteiger partial charge >= 0.3 is 0 Å². The van der Waals surface area contributed by atoms with Gasteiger partial charge in [0.15, 0.2) is 0 Å². The van der Waals surface area contributed by atoms with Crippen LogP contribution in [0.4, 0.5) is 0 Å². The van der Waals surface area contributed by atoms with E-state index in [9.17, 15) is 5.11 Å². The highest BCUT2D eigenvalue weighted by atomic mass is 16.5. The minimum atomic E-state index is 0.0331. The quantitative estimate of drug-likeness (QED) is 0.516. The fourth-order valence-corrected chi connectivity index (χ4v) is 6.15. The fourth-order valence-electron chi connectivity index (χ4n) is 6.15. The lowest BCUT2D eigenvalue weighted by Gasteiger charge is -2.45. The van der Waals surface area contributed by atoms with Gasteiger partial charge in [0.1, 0.15) is 11.5 Å². The molecule has 3 aromatic rings. The first-order valence-corrected chi connectivity index (χ1v) is 11.0. The topological polar surface area (TPSA) is 29.5 Å². The molecule has 0 heterocycles. The van der Waals surface area contributed by atoms with Crippen molar-refractivity contribution in [3.63, 3.8) is 0 Å². The van der Waals surface area contributed by atoms with Gasteiger partial charge in [-0.15, -0.1) is 0 Å². The molecule has 5 rings (SSSR count). The summed E-state index contributed by atoms with van der Waals surface area (Å²) in [5.74, 6) is 1.15. The van der Waals surface area contributed by atoms with Gasteiger partial charge in [0.2, 0.25) is 0 Å². The Balaban J connectivity index is 1.76. The first-order valence-electron chi connectivity index (χ1n) is 11.0. The lowest BCUT2D eigenvalue weighted by atomic mass is 9.58. The van der Waals surface area contributed by atoms with Crippen LogP contribution in [0.15, 0.2) is 48.5 Å². The zero-order valence-corrected chi connectivity index (χ0v) is 17.7. The van der Waals surface area contributed by atoms with Crippen molar-refractivity contribution in [3.05, 3.63) is 59.7 Å². The van der Waals surface area contributed by atoms with E-state index in [0.29, 0.717) is 11.2 Å². The summed E-state index contributed by atoms with van der Waals surface area (Å²) < 4.78 is 5.41. The zero-order valence-electron chi connectivity index (χ0n) is 17.7. The van der Waals surface area contributed by atoms with E-state index < -0.39 is 0 Å². The van der Waals surface area contributed by atoms with E-state index in [0.717, 1.165) is 16.5 Å². The molecule has 150 valence electrons. The molecule has 0 saturated heterocycles. The van der Waals surface area contributed by atoms with Crippen molar-refractivity contribution in [1.29, 1.82) is 0 Å². The Morgan fingerprint density at radius 2 is 1.59 bits per heavy atom. The van der Waals surface area contributed by atoms with Crippen LogP contribution in [-0.4, -0.2) is 12.2 Å². The number of hydrogen-bond donors (Lipinski definition) is 1. The van der Waals surface area contributed by atoms with E-state index in [1.807, 2.05) is 12.1 Å². The predicted molar refractivity (Wildman–Crippen MR) is 120 cm³/mol. The van der Waals surface area contributed by atoms with E-state index in [1.54, 1.807) is 7.11 Å². The van der Waals surface area contributed by atoms with E-state index in [4.69, 9.17) is 4.74 Å². The van der Waals surface area contributed by atoms with Crippen molar-refractivity contribution >= 4 is 10.8 Å². The SMILES string of the molecule is CCC1(CC)CCC2(CC1)c1ccccc1-c1c2cc(O)c2cc(OC)ccc12. The number of fused-ring (bicyclic) bond motifs is 7. The molecule has 0 bridgehead atoms. The van der Waals surface area contributed by atoms with Gasteiger partial charge in [-0.2, -0.15) is 0 Å². The highest BCUT2D eigenvalue weighted by Gasteiger charge is 2.48. The van der Waals surface area contributed by atoms with Crippen LogP contribution in [0.25, 0.3) is 21.9 Å². The zero-order chi connectivity index (χ0) is 20.2. The number of benzene rings is 3. The maximum absolute atomic E-state index is 11.0. The third-order valence-electron chi connectivity index (χ3n) is 8.21. The highest BCUT2D eigenvalue weighted by Crippen LogP contribution is 2.61. The Morgan fingerprint density at radius 1 is 0.862 bits per heavy atom. The molecule has 2 nitrogen and oxygen atoms in total. The van der Waals surface area contributed by atoms with Gasteiger partial charge in [-0.05, 0) is 83.0 Å². The molecule has 2 heteroatoms. The van der Waals surface area contributed by atoms with Gasteiger partial charge < -0.3 is 9.84 Å². The molecule has 0 amide bonds. The van der Waals surface area contributed by atoms with Crippen molar-refractivity contribution in [1.82, 2.24) is 0 Å². The minimum absolute atomic E-state index is 0.0331. The summed E-state index contributed by atoms with van der Waals surface area (Å²) in [7, 11) is 1.67. The molecule has 0 atom stereocenters. The number of ether oxygens (including phenoxy) is 1. The number of phenolic OH excluding ortho intramolecular Hbond substituents is 1. The number of aromatic hydroxyl groups is 1. The molecule has 2 aliphatic carbocycles. The smallest absolute Gasteiger partial charge is 0.123 e. The Kier molecular flexibility index (Phi) is 4.17. The van der Waals surface area contributed by atoms with Crippen LogP contribution in [0.2, 0.25) is 0 Å². The van der Waals surface area contributed by atoms with Crippen molar-refractivity contribution < 1.29 is 9.84 Å². The summed E-state index contributed by atoms with van der Waals surface area (Å²) in [4.78, 5) is 0. The molecule has 0 aliphatic heterocycles. The van der Waals surface area contributed by atoms with Crippen molar-refractivity contribution in [2.75, 3.05) is 7.11 Å². The summed E-state index contributed by atoms with van der Waals surface area (Å²) >= 11 is 0. The van der Waals surface area contributed by atoms with Crippen molar-refractivity contribution in [2.45, 2.75) is 57.8 Å². The van der Waals surface area contributed by atoms with Crippen LogP contribution in [0.1, 0.15) is 63.5 Å². The average Bonchev–Trinajstić information content (AvgIpc) is 3.04. The number of rotatable bonds is 3. The summed E-state index contributed by atoms with van der Waals surface area (Å²) in [6, 6.07) is 17.1. The maximum Gasteiger partial charge on any atom is 0.123 e. The average molecular weight is 387 g/mol. The van der Waals surface area contributed by atoms with Crippen molar-refractivity contribution in [3.8, 4) is 22.6 Å². The Hall–Kier alpha value is -2.48. The van der Waals surface area contributed by atoms with E-state index in [2.05, 4.69) is 50.2 Å². The van der Waals surface area contributed by atoms with Gasteiger partial charge in [-0.1, -0.05) is 51.0 Å². The standard InChI is InChI=1S/C27H30O2/c1-4-26(5-2)12-14-27(15-13-26)22-9-7-6-8-20(22)25-19-11-10-18(29-3)16-21(19)24(28)17-23(25)27/h6-11,16-17,28H,4-5,12-15H2,1-3H3. The van der Waals surface area contributed by atoms with Gasteiger partial charge in [0, 0.05) is 10.8 Å².